The van der Waals surface area contributed by atoms with Gasteiger partial charge in [0.05, 0.1) is 12.3 Å². The van der Waals surface area contributed by atoms with Crippen LogP contribution in [0.3, 0.4) is 0 Å². The van der Waals surface area contributed by atoms with E-state index < -0.39 is 0 Å². The molecular weight excluding hydrogens is 380 g/mol. The van der Waals surface area contributed by atoms with Crippen LogP contribution in [-0.4, -0.2) is 40.8 Å². The second-order valence-corrected chi connectivity index (χ2v) is 7.19. The standard InChI is InChI=1S/C23H26N4O3/c1-2-29-20-10-6-7-11-21(20)30-16-22(28)24-23-18-12-13-27(15-19(18)25-26-23)14-17-8-4-3-5-9-17/h3-11H,2,12-16H2,1H3,(H2,24,25,26,28). The topological polar surface area (TPSA) is 79.5 Å². The summed E-state index contributed by atoms with van der Waals surface area (Å²) in [5.74, 6) is 1.52. The van der Waals surface area contributed by atoms with E-state index >= 15 is 0 Å². The third kappa shape index (κ3) is 4.80. The number of benzene rings is 2. The molecule has 3 aromatic rings. The Bertz CT molecular complexity index is 987. The lowest BCUT2D eigenvalue weighted by molar-refractivity contribution is -0.118. The number of para-hydroxylation sites is 2. The summed E-state index contributed by atoms with van der Waals surface area (Å²) in [5, 5.41) is 10.3. The fourth-order valence-electron chi connectivity index (χ4n) is 3.61. The summed E-state index contributed by atoms with van der Waals surface area (Å²) in [7, 11) is 0. The van der Waals surface area contributed by atoms with Crippen LogP contribution in [0.15, 0.2) is 54.6 Å². The van der Waals surface area contributed by atoms with Gasteiger partial charge >= 0.3 is 0 Å². The number of nitrogens with zero attached hydrogens (tertiary/aromatic N) is 2. The zero-order chi connectivity index (χ0) is 20.8. The highest BCUT2D eigenvalue weighted by Gasteiger charge is 2.23. The minimum atomic E-state index is -0.248. The van der Waals surface area contributed by atoms with Crippen molar-refractivity contribution in [3.8, 4) is 11.5 Å². The fraction of sp³-hybridized carbons (Fsp3) is 0.304. The van der Waals surface area contributed by atoms with E-state index in [1.807, 2.05) is 31.2 Å². The summed E-state index contributed by atoms with van der Waals surface area (Å²) in [5.41, 5.74) is 3.41. The van der Waals surface area contributed by atoms with E-state index in [9.17, 15) is 4.79 Å². The average Bonchev–Trinajstić information content (AvgIpc) is 3.16. The normalized spacial score (nSPS) is 13.5. The van der Waals surface area contributed by atoms with Crippen LogP contribution in [0.5, 0.6) is 11.5 Å². The maximum Gasteiger partial charge on any atom is 0.263 e. The highest BCUT2D eigenvalue weighted by Crippen LogP contribution is 2.27. The maximum atomic E-state index is 12.4. The lowest BCUT2D eigenvalue weighted by Gasteiger charge is -2.26. The molecule has 1 aliphatic heterocycles. The monoisotopic (exact) mass is 406 g/mol. The van der Waals surface area contributed by atoms with Crippen LogP contribution in [0.25, 0.3) is 0 Å². The summed E-state index contributed by atoms with van der Waals surface area (Å²) in [4.78, 5) is 14.8. The van der Waals surface area contributed by atoms with Crippen LogP contribution in [0, 0.1) is 0 Å². The molecule has 0 aliphatic carbocycles. The molecule has 0 atom stereocenters. The Labute approximate surface area is 176 Å². The van der Waals surface area contributed by atoms with Crippen molar-refractivity contribution in [2.75, 3.05) is 25.1 Å². The summed E-state index contributed by atoms with van der Waals surface area (Å²) in [6.07, 6.45) is 0.836. The number of fused-ring (bicyclic) bond motifs is 1. The molecule has 1 amide bonds. The second-order valence-electron chi connectivity index (χ2n) is 7.19. The molecule has 0 unspecified atom stereocenters. The summed E-state index contributed by atoms with van der Waals surface area (Å²) in [6.45, 7) is 4.94. The third-order valence-corrected chi connectivity index (χ3v) is 5.03. The van der Waals surface area contributed by atoms with Crippen molar-refractivity contribution < 1.29 is 14.3 Å². The van der Waals surface area contributed by atoms with Gasteiger partial charge in [0.1, 0.15) is 0 Å². The van der Waals surface area contributed by atoms with E-state index in [0.717, 1.165) is 37.3 Å². The average molecular weight is 406 g/mol. The van der Waals surface area contributed by atoms with E-state index in [1.165, 1.54) is 5.56 Å². The molecule has 1 aliphatic rings. The number of carbonyl (C=O) groups excluding carboxylic acids is 1. The Kier molecular flexibility index (Phi) is 6.29. The predicted octanol–water partition coefficient (Wildman–Crippen LogP) is 3.38. The summed E-state index contributed by atoms with van der Waals surface area (Å²) in [6, 6.07) is 17.7. The van der Waals surface area contributed by atoms with E-state index in [-0.39, 0.29) is 12.5 Å². The molecule has 0 saturated carbocycles. The van der Waals surface area contributed by atoms with Gasteiger partial charge in [-0.15, -0.1) is 0 Å². The van der Waals surface area contributed by atoms with E-state index in [0.29, 0.717) is 23.9 Å². The minimum Gasteiger partial charge on any atom is -0.490 e. The summed E-state index contributed by atoms with van der Waals surface area (Å²) < 4.78 is 11.2. The van der Waals surface area contributed by atoms with Crippen molar-refractivity contribution in [3.63, 3.8) is 0 Å². The molecule has 2 N–H and O–H groups in total. The van der Waals surface area contributed by atoms with Crippen molar-refractivity contribution in [3.05, 3.63) is 71.4 Å². The van der Waals surface area contributed by atoms with Gasteiger partial charge in [0.15, 0.2) is 23.9 Å². The number of hydrogen-bond acceptors (Lipinski definition) is 5. The van der Waals surface area contributed by atoms with Crippen LogP contribution in [0.4, 0.5) is 5.82 Å². The van der Waals surface area contributed by atoms with Gasteiger partial charge in [-0.3, -0.25) is 14.8 Å². The number of anilines is 1. The van der Waals surface area contributed by atoms with Crippen LogP contribution in [-0.2, 0) is 24.3 Å². The molecule has 0 fully saturated rings. The molecular formula is C23H26N4O3. The molecule has 1 aromatic heterocycles. The minimum absolute atomic E-state index is 0.105. The van der Waals surface area contributed by atoms with E-state index in [4.69, 9.17) is 9.47 Å². The summed E-state index contributed by atoms with van der Waals surface area (Å²) >= 11 is 0. The van der Waals surface area contributed by atoms with Crippen LogP contribution >= 0.6 is 0 Å². The Balaban J connectivity index is 1.33. The van der Waals surface area contributed by atoms with E-state index in [1.54, 1.807) is 6.07 Å². The SMILES string of the molecule is CCOc1ccccc1OCC(=O)Nc1n[nH]c2c1CCN(Cc1ccccc1)C2. The highest BCUT2D eigenvalue weighted by atomic mass is 16.5. The smallest absolute Gasteiger partial charge is 0.263 e. The quantitative estimate of drug-likeness (QED) is 0.600. The number of aromatic amines is 1. The lowest BCUT2D eigenvalue weighted by Crippen LogP contribution is -2.30. The number of amides is 1. The molecule has 0 spiro atoms. The lowest BCUT2D eigenvalue weighted by atomic mass is 10.1. The van der Waals surface area contributed by atoms with Crippen LogP contribution < -0.4 is 14.8 Å². The van der Waals surface area contributed by atoms with Gasteiger partial charge in [-0.2, -0.15) is 5.10 Å². The first-order valence-corrected chi connectivity index (χ1v) is 10.2. The molecule has 7 heteroatoms. The second kappa shape index (κ2) is 9.45. The first kappa shape index (κ1) is 20.0. The number of ether oxygens (including phenoxy) is 2. The third-order valence-electron chi connectivity index (χ3n) is 5.03. The molecule has 0 bridgehead atoms. The maximum absolute atomic E-state index is 12.4. The number of hydrogen-bond donors (Lipinski definition) is 2. The first-order valence-electron chi connectivity index (χ1n) is 10.2. The van der Waals surface area contributed by atoms with Crippen LogP contribution in [0.1, 0.15) is 23.7 Å². The fourth-order valence-corrected chi connectivity index (χ4v) is 3.61. The molecule has 156 valence electrons. The molecule has 0 radical (unpaired) electrons. The van der Waals surface area contributed by atoms with Gasteiger partial charge in [0, 0.05) is 25.2 Å². The highest BCUT2D eigenvalue weighted by molar-refractivity contribution is 5.91. The molecule has 4 rings (SSSR count). The van der Waals surface area contributed by atoms with E-state index in [2.05, 4.69) is 44.7 Å². The largest absolute Gasteiger partial charge is 0.490 e. The van der Waals surface area contributed by atoms with Crippen molar-refractivity contribution in [1.82, 2.24) is 15.1 Å². The Morgan fingerprint density at radius 3 is 2.60 bits per heavy atom. The number of aromatic nitrogens is 2. The Morgan fingerprint density at radius 1 is 1.10 bits per heavy atom. The number of carbonyl (C=O) groups is 1. The molecule has 2 heterocycles. The van der Waals surface area contributed by atoms with Gasteiger partial charge in [-0.1, -0.05) is 42.5 Å². The van der Waals surface area contributed by atoms with Crippen molar-refractivity contribution >= 4 is 11.7 Å². The van der Waals surface area contributed by atoms with Crippen LogP contribution in [0.2, 0.25) is 0 Å². The van der Waals surface area contributed by atoms with Gasteiger partial charge in [-0.05, 0) is 31.0 Å². The number of H-pyrrole nitrogens is 1. The predicted molar refractivity (Wildman–Crippen MR) is 115 cm³/mol. The molecule has 2 aromatic carbocycles. The molecule has 7 nitrogen and oxygen atoms in total. The zero-order valence-electron chi connectivity index (χ0n) is 17.1. The van der Waals surface area contributed by atoms with Crippen molar-refractivity contribution in [1.29, 1.82) is 0 Å². The Hall–Kier alpha value is -3.32. The number of nitrogens with one attached hydrogen (secondary N) is 2. The Morgan fingerprint density at radius 2 is 1.83 bits per heavy atom. The van der Waals surface area contributed by atoms with Gasteiger partial charge in [-0.25, -0.2) is 0 Å². The van der Waals surface area contributed by atoms with Crippen molar-refractivity contribution in [2.45, 2.75) is 26.4 Å². The molecule has 0 saturated heterocycles. The molecule has 30 heavy (non-hydrogen) atoms. The van der Waals surface area contributed by atoms with Gasteiger partial charge < -0.3 is 14.8 Å². The number of rotatable bonds is 8. The van der Waals surface area contributed by atoms with Gasteiger partial charge in [0.25, 0.3) is 5.91 Å². The first-order chi connectivity index (χ1) is 14.7. The van der Waals surface area contributed by atoms with Gasteiger partial charge in [0.2, 0.25) is 0 Å². The zero-order valence-corrected chi connectivity index (χ0v) is 17.1. The van der Waals surface area contributed by atoms with Crippen molar-refractivity contribution in [2.24, 2.45) is 0 Å².